The number of nitrogens with one attached hydrogen (secondary N) is 2. The second kappa shape index (κ2) is 12.8. The van der Waals surface area contributed by atoms with Crippen LogP contribution in [-0.2, 0) is 0 Å². The van der Waals surface area contributed by atoms with E-state index in [0.29, 0.717) is 42.8 Å². The van der Waals surface area contributed by atoms with Crippen molar-refractivity contribution < 1.29 is 19.4 Å². The van der Waals surface area contributed by atoms with Crippen LogP contribution in [0.4, 0.5) is 5.69 Å². The van der Waals surface area contributed by atoms with Gasteiger partial charge in [-0.1, -0.05) is 41.9 Å². The van der Waals surface area contributed by atoms with Crippen LogP contribution >= 0.6 is 24.0 Å². The van der Waals surface area contributed by atoms with Gasteiger partial charge in [0.1, 0.15) is 5.75 Å². The summed E-state index contributed by atoms with van der Waals surface area (Å²) >= 11 is 6.13. The molecule has 2 aromatic rings. The van der Waals surface area contributed by atoms with Gasteiger partial charge < -0.3 is 26.2 Å². The summed E-state index contributed by atoms with van der Waals surface area (Å²) in [7, 11) is 1.46. The third-order valence-electron chi connectivity index (χ3n) is 5.91. The molecule has 1 fully saturated rings. The number of methoxy groups -OCH3 is 1. The van der Waals surface area contributed by atoms with E-state index in [1.807, 2.05) is 18.2 Å². The van der Waals surface area contributed by atoms with Crippen LogP contribution in [0.25, 0.3) is 0 Å². The molecule has 9 heteroatoms. The third kappa shape index (κ3) is 7.08. The molecule has 7 nitrogen and oxygen atoms in total. The van der Waals surface area contributed by atoms with E-state index in [4.69, 9.17) is 22.1 Å². The van der Waals surface area contributed by atoms with Crippen molar-refractivity contribution >= 4 is 41.4 Å². The fourth-order valence-electron chi connectivity index (χ4n) is 4.14. The fourth-order valence-corrected chi connectivity index (χ4v) is 4.30. The van der Waals surface area contributed by atoms with E-state index in [-0.39, 0.29) is 46.6 Å². The highest BCUT2D eigenvalue weighted by molar-refractivity contribution is 6.33. The first-order valence-corrected chi connectivity index (χ1v) is 11.2. The lowest BCUT2D eigenvalue weighted by atomic mass is 9.84. The van der Waals surface area contributed by atoms with E-state index < -0.39 is 6.10 Å². The average molecular weight is 496 g/mol. The SMILES string of the molecule is COc1cc(N)c(Cl)cc1C(=O)NC(CCCC(=O)c1ccccc1)C1CCNCC1O.Cl. The zero-order valence-electron chi connectivity index (χ0n) is 18.6. The van der Waals surface area contributed by atoms with Crippen LogP contribution in [0.3, 0.4) is 0 Å². The van der Waals surface area contributed by atoms with Crippen molar-refractivity contribution in [3.8, 4) is 5.75 Å². The molecule has 1 aliphatic heterocycles. The van der Waals surface area contributed by atoms with Crippen molar-refractivity contribution in [2.45, 2.75) is 37.8 Å². The summed E-state index contributed by atoms with van der Waals surface area (Å²) in [4.78, 5) is 25.6. The Kier molecular flexibility index (Phi) is 10.4. The van der Waals surface area contributed by atoms with Crippen LogP contribution in [0.1, 0.15) is 46.4 Å². The number of ether oxygens (including phenoxy) is 1. The number of hydrogen-bond donors (Lipinski definition) is 4. The summed E-state index contributed by atoms with van der Waals surface area (Å²) < 4.78 is 5.31. The van der Waals surface area contributed by atoms with Gasteiger partial charge in [0.25, 0.3) is 5.91 Å². The van der Waals surface area contributed by atoms with E-state index in [0.717, 1.165) is 13.0 Å². The smallest absolute Gasteiger partial charge is 0.255 e. The molecule has 3 atom stereocenters. The predicted molar refractivity (Wildman–Crippen MR) is 133 cm³/mol. The molecule has 3 unspecified atom stereocenters. The highest BCUT2D eigenvalue weighted by Crippen LogP contribution is 2.30. The second-order valence-electron chi connectivity index (χ2n) is 8.06. The number of nitrogens with two attached hydrogens (primary N) is 1. The summed E-state index contributed by atoms with van der Waals surface area (Å²) in [5.74, 6) is -0.0852. The monoisotopic (exact) mass is 495 g/mol. The summed E-state index contributed by atoms with van der Waals surface area (Å²) in [5.41, 5.74) is 7.11. The number of carbonyl (C=O) groups is 2. The lowest BCUT2D eigenvalue weighted by molar-refractivity contribution is 0.0531. The Morgan fingerprint density at radius 1 is 1.30 bits per heavy atom. The lowest BCUT2D eigenvalue weighted by Gasteiger charge is -2.35. The van der Waals surface area contributed by atoms with E-state index in [1.165, 1.54) is 19.2 Å². The van der Waals surface area contributed by atoms with E-state index in [9.17, 15) is 14.7 Å². The summed E-state index contributed by atoms with van der Waals surface area (Å²) in [6, 6.07) is 11.9. The summed E-state index contributed by atoms with van der Waals surface area (Å²) in [6.07, 6.45) is 1.66. The Balaban J connectivity index is 0.00000385. The van der Waals surface area contributed by atoms with Crippen molar-refractivity contribution in [3.05, 3.63) is 58.6 Å². The Hall–Kier alpha value is -2.32. The number of hydrogen-bond acceptors (Lipinski definition) is 6. The maximum absolute atomic E-state index is 13.1. The van der Waals surface area contributed by atoms with Crippen LogP contribution in [0.5, 0.6) is 5.75 Å². The molecule has 1 heterocycles. The van der Waals surface area contributed by atoms with Gasteiger partial charge in [0.05, 0.1) is 29.5 Å². The molecule has 2 aromatic carbocycles. The second-order valence-corrected chi connectivity index (χ2v) is 8.47. The first kappa shape index (κ1) is 26.9. The molecule has 1 aliphatic rings. The summed E-state index contributed by atoms with van der Waals surface area (Å²) in [5, 5.41) is 17.0. The van der Waals surface area contributed by atoms with Crippen molar-refractivity contribution in [2.24, 2.45) is 5.92 Å². The van der Waals surface area contributed by atoms with Crippen molar-refractivity contribution in [3.63, 3.8) is 0 Å². The number of ketones is 1. The number of piperidine rings is 1. The number of Topliss-reactive ketones (excluding diaryl/α,β-unsaturated/α-hetero) is 1. The van der Waals surface area contributed by atoms with Gasteiger partial charge in [-0.2, -0.15) is 0 Å². The van der Waals surface area contributed by atoms with Crippen LogP contribution in [-0.4, -0.2) is 49.1 Å². The Morgan fingerprint density at radius 3 is 2.70 bits per heavy atom. The Labute approximate surface area is 205 Å². The molecule has 5 N–H and O–H groups in total. The molecule has 0 bridgehead atoms. The van der Waals surface area contributed by atoms with Crippen LogP contribution in [0.15, 0.2) is 42.5 Å². The van der Waals surface area contributed by atoms with Crippen molar-refractivity contribution in [1.82, 2.24) is 10.6 Å². The molecule has 0 spiro atoms. The Bertz CT molecular complexity index is 943. The molecule has 0 saturated carbocycles. The van der Waals surface area contributed by atoms with Gasteiger partial charge in [0.2, 0.25) is 0 Å². The van der Waals surface area contributed by atoms with Crippen molar-refractivity contribution in [1.29, 1.82) is 0 Å². The predicted octanol–water partition coefficient (Wildman–Crippen LogP) is 3.47. The molecule has 0 radical (unpaired) electrons. The molecule has 0 aromatic heterocycles. The number of aliphatic hydroxyl groups excluding tert-OH is 1. The zero-order valence-corrected chi connectivity index (χ0v) is 20.1. The van der Waals surface area contributed by atoms with Gasteiger partial charge in [-0.05, 0) is 31.9 Å². The van der Waals surface area contributed by atoms with Crippen LogP contribution in [0.2, 0.25) is 5.02 Å². The number of halogens is 2. The fraction of sp³-hybridized carbons (Fsp3) is 0.417. The number of rotatable bonds is 9. The third-order valence-corrected chi connectivity index (χ3v) is 6.24. The first-order valence-electron chi connectivity index (χ1n) is 10.8. The molecule has 0 aliphatic carbocycles. The number of β-amino-alcohol motifs (C(OH)–C–C–N with tert-alkyl or cyclic N) is 1. The highest BCUT2D eigenvalue weighted by atomic mass is 35.5. The van der Waals surface area contributed by atoms with E-state index >= 15 is 0 Å². The standard InChI is InChI=1S/C24H30ClN3O4.ClH/c1-32-23-13-19(26)18(25)12-17(23)24(31)28-20(16-10-11-27-14-22(16)30)8-5-9-21(29)15-6-3-2-4-7-15;/h2-4,6-7,12-13,16,20,22,27,30H,5,8-11,14,26H2,1H3,(H,28,31);1H. The highest BCUT2D eigenvalue weighted by Gasteiger charge is 2.32. The number of carbonyl (C=O) groups excluding carboxylic acids is 2. The number of anilines is 1. The minimum atomic E-state index is -0.587. The molecular weight excluding hydrogens is 465 g/mol. The lowest BCUT2D eigenvalue weighted by Crippen LogP contribution is -2.51. The molecule has 33 heavy (non-hydrogen) atoms. The van der Waals surface area contributed by atoms with Gasteiger partial charge in [0.15, 0.2) is 5.78 Å². The number of benzene rings is 2. The van der Waals surface area contributed by atoms with E-state index in [2.05, 4.69) is 10.6 Å². The largest absolute Gasteiger partial charge is 0.496 e. The minimum absolute atomic E-state index is 0. The molecule has 1 amide bonds. The van der Waals surface area contributed by atoms with Crippen molar-refractivity contribution in [2.75, 3.05) is 25.9 Å². The average Bonchev–Trinajstić information content (AvgIpc) is 2.80. The van der Waals surface area contributed by atoms with Gasteiger partial charge in [-0.15, -0.1) is 12.4 Å². The first-order chi connectivity index (χ1) is 15.4. The number of aliphatic hydroxyl groups is 1. The minimum Gasteiger partial charge on any atom is -0.496 e. The van der Waals surface area contributed by atoms with Crippen LogP contribution in [0, 0.1) is 5.92 Å². The molecule has 180 valence electrons. The quantitative estimate of drug-likeness (QED) is 0.312. The number of amides is 1. The maximum atomic E-state index is 13.1. The van der Waals surface area contributed by atoms with Gasteiger partial charge in [-0.25, -0.2) is 0 Å². The maximum Gasteiger partial charge on any atom is 0.255 e. The van der Waals surface area contributed by atoms with Crippen LogP contribution < -0.4 is 21.1 Å². The molecule has 1 saturated heterocycles. The molecule has 3 rings (SSSR count). The zero-order chi connectivity index (χ0) is 23.1. The van der Waals surface area contributed by atoms with Gasteiger partial charge >= 0.3 is 0 Å². The molecular formula is C24H31Cl2N3O4. The van der Waals surface area contributed by atoms with Gasteiger partial charge in [0, 0.05) is 36.6 Å². The normalized spacial score (nSPS) is 18.6. The van der Waals surface area contributed by atoms with E-state index in [1.54, 1.807) is 12.1 Å². The number of nitrogen functional groups attached to an aromatic ring is 1. The Morgan fingerprint density at radius 2 is 2.03 bits per heavy atom. The topological polar surface area (TPSA) is 114 Å². The van der Waals surface area contributed by atoms with Gasteiger partial charge in [-0.3, -0.25) is 9.59 Å². The summed E-state index contributed by atoms with van der Waals surface area (Å²) in [6.45, 7) is 1.23.